The van der Waals surface area contributed by atoms with Crippen molar-refractivity contribution < 1.29 is 13.2 Å². The predicted octanol–water partition coefficient (Wildman–Crippen LogP) is 3.34. The first-order valence-electron chi connectivity index (χ1n) is 9.34. The molecule has 0 bridgehead atoms. The Morgan fingerprint density at radius 1 is 1.07 bits per heavy atom. The highest BCUT2D eigenvalue weighted by atomic mass is 32.2. The van der Waals surface area contributed by atoms with Gasteiger partial charge < -0.3 is 5.32 Å². The molecule has 2 aromatic carbocycles. The van der Waals surface area contributed by atoms with Crippen LogP contribution in [0.2, 0.25) is 0 Å². The van der Waals surface area contributed by atoms with E-state index in [1.165, 1.54) is 21.0 Å². The van der Waals surface area contributed by atoms with Crippen molar-refractivity contribution in [2.75, 3.05) is 11.4 Å². The molecule has 6 heteroatoms. The van der Waals surface area contributed by atoms with Crippen LogP contribution in [-0.4, -0.2) is 26.6 Å². The summed E-state index contributed by atoms with van der Waals surface area (Å²) in [6.07, 6.45) is 3.35. The van der Waals surface area contributed by atoms with Crippen molar-refractivity contribution in [3.05, 3.63) is 64.7 Å². The number of nitrogens with zero attached hydrogens (tertiary/aromatic N) is 1. The third-order valence-electron chi connectivity index (χ3n) is 5.50. The predicted molar refractivity (Wildman–Crippen MR) is 106 cm³/mol. The molecular formula is C21H24N2O3S. The van der Waals surface area contributed by atoms with Crippen molar-refractivity contribution in [3.8, 4) is 0 Å². The number of fused-ring (bicyclic) bond motifs is 1. The standard InChI is InChI=1S/C21H24N2O3S/c1-14-3-11-19-16(13-14)6-12-20(19)22-21(24)15-4-7-17(8-5-15)23(2)27(25,26)18-9-10-18/h3-5,7-8,11,13,18,20H,6,9-10,12H2,1-2H3,(H,22,24)/t20-/m0/s1. The number of rotatable bonds is 5. The maximum atomic E-state index is 12.6. The molecule has 1 saturated carbocycles. The summed E-state index contributed by atoms with van der Waals surface area (Å²) in [6, 6.07) is 13.2. The lowest BCUT2D eigenvalue weighted by atomic mass is 10.1. The van der Waals surface area contributed by atoms with Crippen molar-refractivity contribution in [2.45, 2.75) is 43.9 Å². The average molecular weight is 385 g/mol. The average Bonchev–Trinajstić information content (AvgIpc) is 3.45. The second kappa shape index (κ2) is 6.68. The van der Waals surface area contributed by atoms with Gasteiger partial charge >= 0.3 is 0 Å². The lowest BCUT2D eigenvalue weighted by molar-refractivity contribution is 0.0936. The molecule has 0 aromatic heterocycles. The van der Waals surface area contributed by atoms with E-state index in [1.54, 1.807) is 31.3 Å². The van der Waals surface area contributed by atoms with Crippen LogP contribution in [0.25, 0.3) is 0 Å². The third-order valence-corrected chi connectivity index (χ3v) is 7.79. The fraction of sp³-hybridized carbons (Fsp3) is 0.381. The van der Waals surface area contributed by atoms with Gasteiger partial charge in [0.15, 0.2) is 0 Å². The van der Waals surface area contributed by atoms with E-state index in [4.69, 9.17) is 0 Å². The van der Waals surface area contributed by atoms with E-state index in [-0.39, 0.29) is 17.2 Å². The zero-order chi connectivity index (χ0) is 19.2. The molecule has 0 unspecified atom stereocenters. The van der Waals surface area contributed by atoms with Gasteiger partial charge in [-0.1, -0.05) is 23.8 Å². The molecule has 2 aromatic rings. The van der Waals surface area contributed by atoms with Crippen LogP contribution >= 0.6 is 0 Å². The van der Waals surface area contributed by atoms with Gasteiger partial charge in [0.2, 0.25) is 10.0 Å². The smallest absolute Gasteiger partial charge is 0.251 e. The molecule has 142 valence electrons. The highest BCUT2D eigenvalue weighted by molar-refractivity contribution is 7.93. The number of nitrogens with one attached hydrogen (secondary N) is 1. The van der Waals surface area contributed by atoms with E-state index in [0.717, 1.165) is 25.7 Å². The molecule has 0 spiro atoms. The van der Waals surface area contributed by atoms with Gasteiger partial charge in [-0.2, -0.15) is 0 Å². The van der Waals surface area contributed by atoms with Gasteiger partial charge in [0.05, 0.1) is 17.0 Å². The normalized spacial score (nSPS) is 18.8. The zero-order valence-electron chi connectivity index (χ0n) is 15.6. The van der Waals surface area contributed by atoms with Crippen molar-refractivity contribution >= 4 is 21.6 Å². The first-order valence-corrected chi connectivity index (χ1v) is 10.8. The van der Waals surface area contributed by atoms with Crippen LogP contribution in [0.4, 0.5) is 5.69 Å². The van der Waals surface area contributed by atoms with Gasteiger partial charge in [-0.15, -0.1) is 0 Å². The number of anilines is 1. The number of amides is 1. The number of hydrogen-bond acceptors (Lipinski definition) is 3. The fourth-order valence-electron chi connectivity index (χ4n) is 3.70. The Morgan fingerprint density at radius 2 is 1.78 bits per heavy atom. The molecule has 1 N–H and O–H groups in total. The molecule has 4 rings (SSSR count). The van der Waals surface area contributed by atoms with Crippen molar-refractivity contribution in [1.29, 1.82) is 0 Å². The SMILES string of the molecule is Cc1ccc2c(c1)CC[C@@H]2NC(=O)c1ccc(N(C)S(=O)(=O)C2CC2)cc1. The molecule has 1 atom stereocenters. The Balaban J connectivity index is 1.46. The number of carbonyl (C=O) groups is 1. The maximum absolute atomic E-state index is 12.6. The van der Waals surface area contributed by atoms with Gasteiger partial charge in [0.1, 0.15) is 0 Å². The molecule has 5 nitrogen and oxygen atoms in total. The summed E-state index contributed by atoms with van der Waals surface area (Å²) in [5, 5.41) is 2.85. The monoisotopic (exact) mass is 384 g/mol. The number of benzene rings is 2. The Labute approximate surface area is 160 Å². The van der Waals surface area contributed by atoms with Gasteiger partial charge in [-0.05, 0) is 68.0 Å². The molecule has 2 aliphatic carbocycles. The van der Waals surface area contributed by atoms with Crippen molar-refractivity contribution in [2.24, 2.45) is 0 Å². The summed E-state index contributed by atoms with van der Waals surface area (Å²) in [6.45, 7) is 2.08. The minimum atomic E-state index is -3.27. The van der Waals surface area contributed by atoms with Gasteiger partial charge in [-0.25, -0.2) is 8.42 Å². The highest BCUT2D eigenvalue weighted by Crippen LogP contribution is 2.33. The quantitative estimate of drug-likeness (QED) is 0.860. The summed E-state index contributed by atoms with van der Waals surface area (Å²) in [7, 11) is -1.71. The van der Waals surface area contributed by atoms with Crippen LogP contribution in [0.5, 0.6) is 0 Å². The summed E-state index contributed by atoms with van der Waals surface area (Å²) in [4.78, 5) is 12.6. The van der Waals surface area contributed by atoms with Crippen molar-refractivity contribution in [1.82, 2.24) is 5.32 Å². The molecule has 27 heavy (non-hydrogen) atoms. The molecule has 0 saturated heterocycles. The van der Waals surface area contributed by atoms with E-state index in [9.17, 15) is 13.2 Å². The first-order chi connectivity index (χ1) is 12.9. The molecule has 1 fully saturated rings. The summed E-state index contributed by atoms with van der Waals surface area (Å²) < 4.78 is 26.0. The minimum absolute atomic E-state index is 0.0331. The second-order valence-corrected chi connectivity index (χ2v) is 9.77. The first kappa shape index (κ1) is 18.0. The highest BCUT2D eigenvalue weighted by Gasteiger charge is 2.38. The molecule has 0 aliphatic heterocycles. The van der Waals surface area contributed by atoms with E-state index < -0.39 is 10.0 Å². The Bertz CT molecular complexity index is 979. The molecule has 1 amide bonds. The van der Waals surface area contributed by atoms with Crippen LogP contribution in [0.1, 0.15) is 52.4 Å². The van der Waals surface area contributed by atoms with Crippen LogP contribution in [0.15, 0.2) is 42.5 Å². The van der Waals surface area contributed by atoms with Gasteiger partial charge in [-0.3, -0.25) is 9.10 Å². The summed E-state index contributed by atoms with van der Waals surface area (Å²) in [5.41, 5.74) is 4.86. The fourth-order valence-corrected chi connectivity index (χ4v) is 5.29. The zero-order valence-corrected chi connectivity index (χ0v) is 16.4. The third kappa shape index (κ3) is 3.46. The van der Waals surface area contributed by atoms with Crippen LogP contribution in [0, 0.1) is 6.92 Å². The number of carbonyl (C=O) groups excluding carboxylic acids is 1. The lowest BCUT2D eigenvalue weighted by Crippen LogP contribution is -2.30. The Hall–Kier alpha value is -2.34. The number of hydrogen-bond donors (Lipinski definition) is 1. The number of sulfonamides is 1. The molecule has 0 radical (unpaired) electrons. The Morgan fingerprint density at radius 3 is 2.44 bits per heavy atom. The van der Waals surface area contributed by atoms with E-state index in [2.05, 4.69) is 30.4 Å². The summed E-state index contributed by atoms with van der Waals surface area (Å²) >= 11 is 0. The molecule has 2 aliphatic rings. The topological polar surface area (TPSA) is 66.5 Å². The largest absolute Gasteiger partial charge is 0.345 e. The van der Waals surface area contributed by atoms with Gasteiger partial charge in [0, 0.05) is 12.6 Å². The van der Waals surface area contributed by atoms with Crippen LogP contribution in [0.3, 0.4) is 0 Å². The maximum Gasteiger partial charge on any atom is 0.251 e. The second-order valence-electron chi connectivity index (χ2n) is 7.53. The molecular weight excluding hydrogens is 360 g/mol. The minimum Gasteiger partial charge on any atom is -0.345 e. The number of aryl methyl sites for hydroxylation is 2. The Kier molecular flexibility index (Phi) is 4.46. The lowest BCUT2D eigenvalue weighted by Gasteiger charge is -2.19. The van der Waals surface area contributed by atoms with Gasteiger partial charge in [0.25, 0.3) is 5.91 Å². The van der Waals surface area contributed by atoms with E-state index in [1.807, 2.05) is 0 Å². The van der Waals surface area contributed by atoms with E-state index >= 15 is 0 Å². The molecule has 0 heterocycles. The van der Waals surface area contributed by atoms with E-state index in [0.29, 0.717) is 11.3 Å². The summed E-state index contributed by atoms with van der Waals surface area (Å²) in [5.74, 6) is -0.132. The van der Waals surface area contributed by atoms with Crippen molar-refractivity contribution in [3.63, 3.8) is 0 Å². The van der Waals surface area contributed by atoms with Crippen LogP contribution in [-0.2, 0) is 16.4 Å². The van der Waals surface area contributed by atoms with Crippen LogP contribution < -0.4 is 9.62 Å².